The predicted octanol–water partition coefficient (Wildman–Crippen LogP) is 4.14. The van der Waals surface area contributed by atoms with Crippen molar-refractivity contribution < 1.29 is 18.7 Å². The Balaban J connectivity index is 1.35. The predicted molar refractivity (Wildman–Crippen MR) is 126 cm³/mol. The van der Waals surface area contributed by atoms with Gasteiger partial charge in [0.05, 0.1) is 12.2 Å². The van der Waals surface area contributed by atoms with Crippen LogP contribution in [0, 0.1) is 5.82 Å². The summed E-state index contributed by atoms with van der Waals surface area (Å²) in [6, 6.07) is 8.39. The van der Waals surface area contributed by atoms with Gasteiger partial charge < -0.3 is 19.5 Å². The van der Waals surface area contributed by atoms with Crippen molar-refractivity contribution in [2.24, 2.45) is 0 Å². The number of benzene rings is 1. The van der Waals surface area contributed by atoms with Crippen LogP contribution in [0.5, 0.6) is 0 Å². The number of hydrogen-bond acceptors (Lipinski definition) is 6. The number of carbonyl (C=O) groups excluding carboxylic acids is 2. The lowest BCUT2D eigenvalue weighted by Gasteiger charge is -2.28. The van der Waals surface area contributed by atoms with Gasteiger partial charge in [-0.1, -0.05) is 13.0 Å². The van der Waals surface area contributed by atoms with E-state index >= 15 is 0 Å². The van der Waals surface area contributed by atoms with Crippen LogP contribution in [0.4, 0.5) is 15.0 Å². The zero-order valence-corrected chi connectivity index (χ0v) is 19.8. The number of pyridine rings is 1. The summed E-state index contributed by atoms with van der Waals surface area (Å²) in [7, 11) is 0. The van der Waals surface area contributed by atoms with Crippen LogP contribution in [0.25, 0.3) is 11.5 Å². The molecule has 0 radical (unpaired) electrons. The number of anilines is 1. The van der Waals surface area contributed by atoms with Crippen molar-refractivity contribution >= 4 is 17.8 Å². The quantitative estimate of drug-likeness (QED) is 0.591. The molecule has 5 rings (SSSR count). The van der Waals surface area contributed by atoms with Gasteiger partial charge in [-0.15, -0.1) is 10.2 Å². The molecule has 0 saturated carbocycles. The SMILES string of the molecule is CCCOC(=O)N1CCc2cc(F)c(C(=O)Nc3cccc(-c4nnc5n4[C@@H](C)CC5)n3)cc2C1. The highest BCUT2D eigenvalue weighted by Crippen LogP contribution is 2.30. The Kier molecular flexibility index (Phi) is 6.19. The molecule has 0 fully saturated rings. The Morgan fingerprint density at radius 2 is 2.06 bits per heavy atom. The zero-order chi connectivity index (χ0) is 24.5. The fourth-order valence-electron chi connectivity index (χ4n) is 4.60. The summed E-state index contributed by atoms with van der Waals surface area (Å²) in [6.07, 6.45) is 2.71. The number of nitrogens with zero attached hydrogens (tertiary/aromatic N) is 5. The molecular weight excluding hydrogens is 451 g/mol. The lowest BCUT2D eigenvalue weighted by atomic mass is 9.97. The minimum Gasteiger partial charge on any atom is -0.449 e. The molecule has 2 aromatic heterocycles. The molecule has 0 aliphatic carbocycles. The first-order valence-corrected chi connectivity index (χ1v) is 11.9. The molecule has 4 heterocycles. The van der Waals surface area contributed by atoms with Gasteiger partial charge in [-0.2, -0.15) is 0 Å². The number of rotatable bonds is 5. The van der Waals surface area contributed by atoms with Crippen molar-refractivity contribution in [2.75, 3.05) is 18.5 Å². The average Bonchev–Trinajstić information content (AvgIpc) is 3.45. The second-order valence-electron chi connectivity index (χ2n) is 8.95. The fourth-order valence-corrected chi connectivity index (χ4v) is 4.60. The highest BCUT2D eigenvalue weighted by atomic mass is 19.1. The summed E-state index contributed by atoms with van der Waals surface area (Å²) in [5.74, 6) is 0.643. The first kappa shape index (κ1) is 22.9. The molecule has 3 aromatic rings. The molecule has 2 amide bonds. The van der Waals surface area contributed by atoms with Crippen LogP contribution in [0.2, 0.25) is 0 Å². The summed E-state index contributed by atoms with van der Waals surface area (Å²) < 4.78 is 22.1. The standard InChI is InChI=1S/C25H27FN6O3/c1-3-11-35-25(34)31-10-9-16-13-19(26)18(12-17(16)14-31)24(33)28-21-6-4-5-20(27-21)23-30-29-22-8-7-15(2)32(22)23/h4-6,12-13,15H,3,7-11,14H2,1-2H3,(H,27,28,33)/t15-/m0/s1. The van der Waals surface area contributed by atoms with Crippen molar-refractivity contribution in [3.8, 4) is 11.5 Å². The van der Waals surface area contributed by atoms with Gasteiger partial charge in [-0.3, -0.25) is 4.79 Å². The third-order valence-corrected chi connectivity index (χ3v) is 6.45. The number of carbonyl (C=O) groups is 2. The van der Waals surface area contributed by atoms with E-state index in [9.17, 15) is 14.0 Å². The Bertz CT molecular complexity index is 1290. The summed E-state index contributed by atoms with van der Waals surface area (Å²) >= 11 is 0. The molecule has 1 aromatic carbocycles. The Morgan fingerprint density at radius 1 is 1.20 bits per heavy atom. The summed E-state index contributed by atoms with van der Waals surface area (Å²) in [6.45, 7) is 5.10. The molecular formula is C25H27FN6O3. The maximum atomic E-state index is 14.8. The number of nitrogens with one attached hydrogen (secondary N) is 1. The second kappa shape index (κ2) is 9.44. The van der Waals surface area contributed by atoms with Crippen LogP contribution >= 0.6 is 0 Å². The lowest BCUT2D eigenvalue weighted by Crippen LogP contribution is -2.36. The lowest BCUT2D eigenvalue weighted by molar-refractivity contribution is 0.0978. The molecule has 10 heteroatoms. The molecule has 2 aliphatic heterocycles. The molecule has 35 heavy (non-hydrogen) atoms. The van der Waals surface area contributed by atoms with E-state index in [4.69, 9.17) is 4.74 Å². The molecule has 2 aliphatic rings. The highest BCUT2D eigenvalue weighted by Gasteiger charge is 2.26. The smallest absolute Gasteiger partial charge is 0.410 e. The van der Waals surface area contributed by atoms with Gasteiger partial charge in [-0.25, -0.2) is 14.2 Å². The van der Waals surface area contributed by atoms with Crippen molar-refractivity contribution in [3.63, 3.8) is 0 Å². The molecule has 0 bridgehead atoms. The van der Waals surface area contributed by atoms with E-state index in [1.54, 1.807) is 17.0 Å². The van der Waals surface area contributed by atoms with Gasteiger partial charge in [0.1, 0.15) is 23.2 Å². The van der Waals surface area contributed by atoms with E-state index in [0.29, 0.717) is 31.1 Å². The van der Waals surface area contributed by atoms with E-state index in [0.717, 1.165) is 36.2 Å². The van der Waals surface area contributed by atoms with Crippen LogP contribution in [-0.4, -0.2) is 49.8 Å². The normalized spacial score (nSPS) is 16.5. The first-order chi connectivity index (χ1) is 16.9. The minimum absolute atomic E-state index is 0.100. The molecule has 0 unspecified atom stereocenters. The van der Waals surface area contributed by atoms with Gasteiger partial charge in [0, 0.05) is 25.6 Å². The van der Waals surface area contributed by atoms with Crippen LogP contribution in [0.3, 0.4) is 0 Å². The molecule has 1 N–H and O–H groups in total. The maximum absolute atomic E-state index is 14.8. The van der Waals surface area contributed by atoms with E-state index in [1.165, 1.54) is 12.1 Å². The Hall–Kier alpha value is -3.82. The molecule has 0 saturated heterocycles. The van der Waals surface area contributed by atoms with Gasteiger partial charge >= 0.3 is 6.09 Å². The van der Waals surface area contributed by atoms with Gasteiger partial charge in [0.2, 0.25) is 0 Å². The Morgan fingerprint density at radius 3 is 2.89 bits per heavy atom. The molecule has 182 valence electrons. The topological polar surface area (TPSA) is 102 Å². The first-order valence-electron chi connectivity index (χ1n) is 11.9. The average molecular weight is 479 g/mol. The molecule has 1 atom stereocenters. The third kappa shape index (κ3) is 4.48. The second-order valence-corrected chi connectivity index (χ2v) is 8.95. The maximum Gasteiger partial charge on any atom is 0.410 e. The van der Waals surface area contributed by atoms with Crippen molar-refractivity contribution in [2.45, 2.75) is 52.1 Å². The number of amides is 2. The van der Waals surface area contributed by atoms with Crippen molar-refractivity contribution in [3.05, 3.63) is 58.7 Å². The summed E-state index contributed by atoms with van der Waals surface area (Å²) in [4.78, 5) is 31.3. The van der Waals surface area contributed by atoms with E-state index in [2.05, 4.69) is 32.0 Å². The number of hydrogen-bond donors (Lipinski definition) is 1. The van der Waals surface area contributed by atoms with Gasteiger partial charge in [0.25, 0.3) is 5.91 Å². The van der Waals surface area contributed by atoms with Crippen molar-refractivity contribution in [1.29, 1.82) is 0 Å². The number of halogens is 1. The van der Waals surface area contributed by atoms with Crippen LogP contribution < -0.4 is 5.32 Å². The van der Waals surface area contributed by atoms with E-state index in [1.807, 2.05) is 13.0 Å². The van der Waals surface area contributed by atoms with E-state index in [-0.39, 0.29) is 24.0 Å². The van der Waals surface area contributed by atoms with Crippen LogP contribution in [0.1, 0.15) is 60.0 Å². The number of fused-ring (bicyclic) bond motifs is 2. The van der Waals surface area contributed by atoms with Crippen molar-refractivity contribution in [1.82, 2.24) is 24.6 Å². The molecule has 0 spiro atoms. The Labute approximate surface area is 202 Å². The van der Waals surface area contributed by atoms with E-state index < -0.39 is 17.8 Å². The number of ether oxygens (including phenoxy) is 1. The summed E-state index contributed by atoms with van der Waals surface area (Å²) in [5, 5.41) is 11.2. The van der Waals surface area contributed by atoms with Gasteiger partial charge in [-0.05, 0) is 61.6 Å². The van der Waals surface area contributed by atoms with Gasteiger partial charge in [0.15, 0.2) is 5.82 Å². The molecule has 9 nitrogen and oxygen atoms in total. The highest BCUT2D eigenvalue weighted by molar-refractivity contribution is 6.04. The fraction of sp³-hybridized carbons (Fsp3) is 0.400. The minimum atomic E-state index is -0.611. The number of aryl methyl sites for hydroxylation is 1. The zero-order valence-electron chi connectivity index (χ0n) is 19.8. The van der Waals surface area contributed by atoms with Crippen LogP contribution in [-0.2, 0) is 24.1 Å². The monoisotopic (exact) mass is 478 g/mol. The number of aromatic nitrogens is 4. The largest absolute Gasteiger partial charge is 0.449 e. The third-order valence-electron chi connectivity index (χ3n) is 6.45. The summed E-state index contributed by atoms with van der Waals surface area (Å²) in [5.41, 5.74) is 2.00. The van der Waals surface area contributed by atoms with Crippen LogP contribution in [0.15, 0.2) is 30.3 Å².